The van der Waals surface area contributed by atoms with Crippen LogP contribution >= 0.6 is 0 Å². The van der Waals surface area contributed by atoms with E-state index in [1.807, 2.05) is 24.3 Å². The molecule has 0 heterocycles. The molecule has 1 aliphatic rings. The van der Waals surface area contributed by atoms with Crippen molar-refractivity contribution < 1.29 is 9.53 Å². The minimum Gasteiger partial charge on any atom is -0.493 e. The number of ketones is 1. The van der Waals surface area contributed by atoms with Crippen LogP contribution < -0.4 is 4.74 Å². The van der Waals surface area contributed by atoms with Crippen molar-refractivity contribution in [3.63, 3.8) is 0 Å². The van der Waals surface area contributed by atoms with Crippen molar-refractivity contribution in [3.05, 3.63) is 29.8 Å². The van der Waals surface area contributed by atoms with Crippen molar-refractivity contribution in [1.82, 2.24) is 0 Å². The summed E-state index contributed by atoms with van der Waals surface area (Å²) in [6.45, 7) is 2.31. The minimum absolute atomic E-state index is 0.0687. The van der Waals surface area contributed by atoms with E-state index in [2.05, 4.69) is 0 Å². The lowest BCUT2D eigenvalue weighted by Crippen LogP contribution is -2.15. The van der Waals surface area contributed by atoms with Gasteiger partial charge in [-0.05, 0) is 31.4 Å². The van der Waals surface area contributed by atoms with Crippen molar-refractivity contribution >= 4 is 5.78 Å². The van der Waals surface area contributed by atoms with Gasteiger partial charge in [0.05, 0.1) is 12.2 Å². The molecule has 1 aromatic rings. The van der Waals surface area contributed by atoms with Crippen LogP contribution in [0.5, 0.6) is 5.75 Å². The third kappa shape index (κ3) is 2.63. The maximum absolute atomic E-state index is 11.4. The van der Waals surface area contributed by atoms with E-state index in [0.29, 0.717) is 5.56 Å². The van der Waals surface area contributed by atoms with E-state index in [1.165, 1.54) is 19.3 Å². The van der Waals surface area contributed by atoms with Crippen molar-refractivity contribution in [1.29, 1.82) is 0 Å². The minimum atomic E-state index is 0.0687. The molecule has 16 heavy (non-hydrogen) atoms. The standard InChI is InChI=1S/C14H18O2/c1-11(15)13-7-2-3-8-14(13)16-10-9-12-5-4-6-12/h2-3,7-8,12H,4-6,9-10H2,1H3. The number of para-hydroxylation sites is 1. The molecule has 2 nitrogen and oxygen atoms in total. The van der Waals surface area contributed by atoms with Crippen LogP contribution in [0.25, 0.3) is 0 Å². The Hall–Kier alpha value is -1.31. The fourth-order valence-electron chi connectivity index (χ4n) is 2.00. The van der Waals surface area contributed by atoms with Gasteiger partial charge in [0, 0.05) is 0 Å². The number of hydrogen-bond donors (Lipinski definition) is 0. The average molecular weight is 218 g/mol. The molecule has 1 aromatic carbocycles. The highest BCUT2D eigenvalue weighted by Crippen LogP contribution is 2.29. The number of hydrogen-bond acceptors (Lipinski definition) is 2. The summed E-state index contributed by atoms with van der Waals surface area (Å²) < 4.78 is 5.68. The molecular weight excluding hydrogens is 200 g/mol. The lowest BCUT2D eigenvalue weighted by molar-refractivity contribution is 0.101. The number of carbonyl (C=O) groups is 1. The van der Waals surface area contributed by atoms with E-state index in [0.717, 1.165) is 24.7 Å². The van der Waals surface area contributed by atoms with Gasteiger partial charge in [0.25, 0.3) is 0 Å². The van der Waals surface area contributed by atoms with Gasteiger partial charge in [0.1, 0.15) is 5.75 Å². The molecule has 1 fully saturated rings. The molecule has 0 N–H and O–H groups in total. The summed E-state index contributed by atoms with van der Waals surface area (Å²) >= 11 is 0. The molecule has 86 valence electrons. The number of carbonyl (C=O) groups excluding carboxylic acids is 1. The third-order valence-electron chi connectivity index (χ3n) is 3.27. The average Bonchev–Trinajstić information content (AvgIpc) is 2.22. The zero-order chi connectivity index (χ0) is 11.4. The largest absolute Gasteiger partial charge is 0.493 e. The molecule has 0 unspecified atom stereocenters. The summed E-state index contributed by atoms with van der Waals surface area (Å²) in [5.74, 6) is 1.65. The van der Waals surface area contributed by atoms with Gasteiger partial charge in [-0.25, -0.2) is 0 Å². The second-order valence-electron chi connectivity index (χ2n) is 4.49. The molecule has 2 rings (SSSR count). The van der Waals surface area contributed by atoms with E-state index in [4.69, 9.17) is 4.74 Å². The summed E-state index contributed by atoms with van der Waals surface area (Å²) in [4.78, 5) is 11.4. The fraction of sp³-hybridized carbons (Fsp3) is 0.500. The Morgan fingerprint density at radius 1 is 1.38 bits per heavy atom. The van der Waals surface area contributed by atoms with Crippen LogP contribution in [0.4, 0.5) is 0 Å². The Kier molecular flexibility index (Phi) is 3.60. The third-order valence-corrected chi connectivity index (χ3v) is 3.27. The molecule has 0 bridgehead atoms. The highest BCUT2D eigenvalue weighted by Gasteiger charge is 2.17. The summed E-state index contributed by atoms with van der Waals surface area (Å²) in [5, 5.41) is 0. The first kappa shape index (κ1) is 11.2. The predicted octanol–water partition coefficient (Wildman–Crippen LogP) is 3.46. The van der Waals surface area contributed by atoms with Crippen LogP contribution in [0, 0.1) is 5.92 Å². The van der Waals surface area contributed by atoms with Gasteiger partial charge in [-0.3, -0.25) is 4.79 Å². The Labute approximate surface area is 96.6 Å². The van der Waals surface area contributed by atoms with Gasteiger partial charge in [-0.15, -0.1) is 0 Å². The van der Waals surface area contributed by atoms with Crippen molar-refractivity contribution in [2.24, 2.45) is 5.92 Å². The van der Waals surface area contributed by atoms with Gasteiger partial charge >= 0.3 is 0 Å². The van der Waals surface area contributed by atoms with Crippen LogP contribution in [0.15, 0.2) is 24.3 Å². The van der Waals surface area contributed by atoms with Gasteiger partial charge in [0.2, 0.25) is 0 Å². The molecule has 0 atom stereocenters. The second kappa shape index (κ2) is 5.15. The van der Waals surface area contributed by atoms with E-state index in [1.54, 1.807) is 6.92 Å². The van der Waals surface area contributed by atoms with Crippen molar-refractivity contribution in [2.45, 2.75) is 32.6 Å². The van der Waals surface area contributed by atoms with E-state index >= 15 is 0 Å². The quantitative estimate of drug-likeness (QED) is 0.707. The first-order valence-corrected chi connectivity index (χ1v) is 6.00. The van der Waals surface area contributed by atoms with Gasteiger partial charge in [-0.1, -0.05) is 31.4 Å². The van der Waals surface area contributed by atoms with E-state index in [9.17, 15) is 4.79 Å². The van der Waals surface area contributed by atoms with E-state index in [-0.39, 0.29) is 5.78 Å². The summed E-state index contributed by atoms with van der Waals surface area (Å²) in [5.41, 5.74) is 0.691. The summed E-state index contributed by atoms with van der Waals surface area (Å²) in [7, 11) is 0. The number of benzene rings is 1. The number of ether oxygens (including phenoxy) is 1. The molecule has 1 aliphatic carbocycles. The summed E-state index contributed by atoms with van der Waals surface area (Å²) in [6.07, 6.45) is 5.18. The van der Waals surface area contributed by atoms with Gasteiger partial charge in [-0.2, -0.15) is 0 Å². The summed E-state index contributed by atoms with van der Waals surface area (Å²) in [6, 6.07) is 7.47. The Morgan fingerprint density at radius 2 is 2.12 bits per heavy atom. The number of rotatable bonds is 5. The topological polar surface area (TPSA) is 26.3 Å². The first-order valence-electron chi connectivity index (χ1n) is 6.00. The van der Waals surface area contributed by atoms with Crippen molar-refractivity contribution in [2.75, 3.05) is 6.61 Å². The lowest BCUT2D eigenvalue weighted by Gasteiger charge is -2.25. The molecule has 1 saturated carbocycles. The Balaban J connectivity index is 1.89. The Morgan fingerprint density at radius 3 is 2.75 bits per heavy atom. The number of Topliss-reactive ketones (excluding diaryl/α,β-unsaturated/α-hetero) is 1. The maximum atomic E-state index is 11.4. The van der Waals surface area contributed by atoms with Crippen molar-refractivity contribution in [3.8, 4) is 5.75 Å². The van der Waals surface area contributed by atoms with Crippen LogP contribution in [0.2, 0.25) is 0 Å². The highest BCUT2D eigenvalue weighted by molar-refractivity contribution is 5.96. The SMILES string of the molecule is CC(=O)c1ccccc1OCCC1CCC1. The molecule has 0 spiro atoms. The zero-order valence-electron chi connectivity index (χ0n) is 9.74. The van der Waals surface area contributed by atoms with Gasteiger partial charge in [0.15, 0.2) is 5.78 Å². The molecule has 0 amide bonds. The molecular formula is C14H18O2. The molecule has 2 heteroatoms. The van der Waals surface area contributed by atoms with Gasteiger partial charge < -0.3 is 4.74 Å². The second-order valence-corrected chi connectivity index (χ2v) is 4.49. The van der Waals surface area contributed by atoms with Crippen LogP contribution in [-0.4, -0.2) is 12.4 Å². The molecule has 0 aliphatic heterocycles. The highest BCUT2D eigenvalue weighted by atomic mass is 16.5. The molecule has 0 aromatic heterocycles. The van der Waals surface area contributed by atoms with Crippen LogP contribution in [-0.2, 0) is 0 Å². The smallest absolute Gasteiger partial charge is 0.163 e. The fourth-order valence-corrected chi connectivity index (χ4v) is 2.00. The zero-order valence-corrected chi connectivity index (χ0v) is 9.74. The molecule has 0 radical (unpaired) electrons. The van der Waals surface area contributed by atoms with E-state index < -0.39 is 0 Å². The predicted molar refractivity (Wildman–Crippen MR) is 63.9 cm³/mol. The Bertz CT molecular complexity index is 367. The maximum Gasteiger partial charge on any atom is 0.163 e. The monoisotopic (exact) mass is 218 g/mol. The van der Waals surface area contributed by atoms with Crippen LogP contribution in [0.1, 0.15) is 43.0 Å². The first-order chi connectivity index (χ1) is 7.77. The van der Waals surface area contributed by atoms with Crippen LogP contribution in [0.3, 0.4) is 0 Å². The normalized spacial score (nSPS) is 15.6. The molecule has 0 saturated heterocycles. The lowest BCUT2D eigenvalue weighted by atomic mass is 9.83.